The molecule has 1 aromatic rings. The lowest BCUT2D eigenvalue weighted by Gasteiger charge is -2.11. The number of nitrogens with one attached hydrogen (secondary N) is 1. The second-order valence-corrected chi connectivity index (χ2v) is 4.45. The van der Waals surface area contributed by atoms with Gasteiger partial charge in [-0.05, 0) is 30.9 Å². The van der Waals surface area contributed by atoms with Crippen LogP contribution in [0.1, 0.15) is 25.7 Å². The van der Waals surface area contributed by atoms with Gasteiger partial charge in [-0.2, -0.15) is 4.39 Å². The predicted molar refractivity (Wildman–Crippen MR) is 63.5 cm³/mol. The summed E-state index contributed by atoms with van der Waals surface area (Å²) in [5, 5.41) is 13.7. The normalized spacial score (nSPS) is 16.1. The number of nitro groups is 1. The first kappa shape index (κ1) is 11.8. The van der Waals surface area contributed by atoms with Crippen molar-refractivity contribution in [3.8, 4) is 0 Å². The van der Waals surface area contributed by atoms with Gasteiger partial charge in [0.15, 0.2) is 0 Å². The fraction of sp³-hybridized carbons (Fsp3) is 0.500. The molecule has 4 nitrogen and oxygen atoms in total. The number of hydrogen-bond donors (Lipinski definition) is 1. The van der Waals surface area contributed by atoms with Crippen molar-refractivity contribution in [3.63, 3.8) is 0 Å². The van der Waals surface area contributed by atoms with Crippen LogP contribution >= 0.6 is 0 Å². The number of rotatable bonds is 4. The highest BCUT2D eigenvalue weighted by Crippen LogP contribution is 2.26. The second-order valence-electron chi connectivity index (χ2n) is 4.45. The standard InChI is InChI=1S/C12H15FN2O2/c13-11-6-5-10(7-12(11)15(16)17)14-8-9-3-1-2-4-9/h5-7,9,14H,1-4,8H2. The zero-order chi connectivity index (χ0) is 12.3. The molecule has 0 spiro atoms. The Morgan fingerprint density at radius 2 is 2.12 bits per heavy atom. The summed E-state index contributed by atoms with van der Waals surface area (Å²) in [4.78, 5) is 9.87. The van der Waals surface area contributed by atoms with E-state index in [1.54, 1.807) is 0 Å². The van der Waals surface area contributed by atoms with Crippen molar-refractivity contribution >= 4 is 11.4 Å². The molecular formula is C12H15FN2O2. The number of hydrogen-bond acceptors (Lipinski definition) is 3. The number of nitro benzene ring substituents is 1. The molecule has 0 heterocycles. The molecule has 0 bridgehead atoms. The zero-order valence-corrected chi connectivity index (χ0v) is 9.49. The Morgan fingerprint density at radius 3 is 2.76 bits per heavy atom. The number of benzene rings is 1. The van der Waals surface area contributed by atoms with Crippen molar-refractivity contribution in [1.29, 1.82) is 0 Å². The van der Waals surface area contributed by atoms with Crippen LogP contribution in [0.15, 0.2) is 18.2 Å². The summed E-state index contributed by atoms with van der Waals surface area (Å²) in [6.07, 6.45) is 4.93. The van der Waals surface area contributed by atoms with Crippen molar-refractivity contribution in [2.75, 3.05) is 11.9 Å². The van der Waals surface area contributed by atoms with Crippen LogP contribution in [0.3, 0.4) is 0 Å². The zero-order valence-electron chi connectivity index (χ0n) is 9.49. The number of anilines is 1. The maximum absolute atomic E-state index is 13.1. The molecule has 17 heavy (non-hydrogen) atoms. The second kappa shape index (κ2) is 5.12. The first-order valence-corrected chi connectivity index (χ1v) is 5.84. The summed E-state index contributed by atoms with van der Waals surface area (Å²) in [5.41, 5.74) is 0.145. The van der Waals surface area contributed by atoms with E-state index in [-0.39, 0.29) is 0 Å². The molecule has 0 amide bonds. The predicted octanol–water partition coefficient (Wildman–Crippen LogP) is 3.34. The maximum atomic E-state index is 13.1. The number of halogens is 1. The van der Waals surface area contributed by atoms with Gasteiger partial charge in [0.2, 0.25) is 5.82 Å². The van der Waals surface area contributed by atoms with Crippen LogP contribution in [0, 0.1) is 21.8 Å². The molecule has 1 fully saturated rings. The Kier molecular flexibility index (Phi) is 3.56. The largest absolute Gasteiger partial charge is 0.385 e. The van der Waals surface area contributed by atoms with Gasteiger partial charge in [0, 0.05) is 18.3 Å². The third-order valence-electron chi connectivity index (χ3n) is 3.21. The molecule has 1 aliphatic carbocycles. The van der Waals surface area contributed by atoms with Crippen LogP contribution in [0.25, 0.3) is 0 Å². The average Bonchev–Trinajstić information content (AvgIpc) is 2.80. The van der Waals surface area contributed by atoms with E-state index in [1.807, 2.05) is 0 Å². The van der Waals surface area contributed by atoms with E-state index >= 15 is 0 Å². The van der Waals surface area contributed by atoms with Gasteiger partial charge in [-0.15, -0.1) is 0 Å². The van der Waals surface area contributed by atoms with Gasteiger partial charge in [0.25, 0.3) is 0 Å². The quantitative estimate of drug-likeness (QED) is 0.646. The SMILES string of the molecule is O=[N+]([O-])c1cc(NCC2CCCC2)ccc1F. The smallest absolute Gasteiger partial charge is 0.306 e. The fourth-order valence-electron chi connectivity index (χ4n) is 2.24. The summed E-state index contributed by atoms with van der Waals surface area (Å²) in [7, 11) is 0. The molecule has 1 aliphatic rings. The van der Waals surface area contributed by atoms with E-state index in [4.69, 9.17) is 0 Å². The molecule has 0 saturated heterocycles. The molecule has 5 heteroatoms. The van der Waals surface area contributed by atoms with Gasteiger partial charge < -0.3 is 5.32 Å². The third-order valence-corrected chi connectivity index (χ3v) is 3.21. The monoisotopic (exact) mass is 238 g/mol. The molecule has 1 saturated carbocycles. The molecular weight excluding hydrogens is 223 g/mol. The van der Waals surface area contributed by atoms with Crippen LogP contribution in [0.5, 0.6) is 0 Å². The van der Waals surface area contributed by atoms with Crippen molar-refractivity contribution < 1.29 is 9.31 Å². The Bertz CT molecular complexity index is 417. The Hall–Kier alpha value is -1.65. The highest BCUT2D eigenvalue weighted by Gasteiger charge is 2.17. The lowest BCUT2D eigenvalue weighted by atomic mass is 10.1. The molecule has 0 aromatic heterocycles. The van der Waals surface area contributed by atoms with E-state index in [0.29, 0.717) is 11.6 Å². The molecule has 2 rings (SSSR count). The highest BCUT2D eigenvalue weighted by atomic mass is 19.1. The van der Waals surface area contributed by atoms with E-state index in [1.165, 1.54) is 37.8 Å². The molecule has 92 valence electrons. The van der Waals surface area contributed by atoms with Crippen molar-refractivity contribution in [1.82, 2.24) is 0 Å². The average molecular weight is 238 g/mol. The number of nitrogens with zero attached hydrogens (tertiary/aromatic N) is 1. The van der Waals surface area contributed by atoms with Crippen LogP contribution in [-0.4, -0.2) is 11.5 Å². The molecule has 0 aliphatic heterocycles. The Balaban J connectivity index is 2.00. The highest BCUT2D eigenvalue weighted by molar-refractivity contribution is 5.51. The minimum absolute atomic E-state index is 0.471. The molecule has 1 aromatic carbocycles. The van der Waals surface area contributed by atoms with Gasteiger partial charge >= 0.3 is 5.69 Å². The van der Waals surface area contributed by atoms with Gasteiger partial charge in [0.05, 0.1) is 4.92 Å². The van der Waals surface area contributed by atoms with Gasteiger partial charge in [-0.25, -0.2) is 0 Å². The Morgan fingerprint density at radius 1 is 1.41 bits per heavy atom. The van der Waals surface area contributed by atoms with Gasteiger partial charge in [-0.3, -0.25) is 10.1 Å². The van der Waals surface area contributed by atoms with E-state index in [2.05, 4.69) is 5.32 Å². The minimum Gasteiger partial charge on any atom is -0.385 e. The summed E-state index contributed by atoms with van der Waals surface area (Å²) < 4.78 is 13.1. The first-order valence-electron chi connectivity index (χ1n) is 5.84. The van der Waals surface area contributed by atoms with E-state index < -0.39 is 16.4 Å². The van der Waals surface area contributed by atoms with Crippen LogP contribution in [0.4, 0.5) is 15.8 Å². The third kappa shape index (κ3) is 2.93. The molecule has 1 N–H and O–H groups in total. The van der Waals surface area contributed by atoms with Crippen molar-refractivity contribution in [2.45, 2.75) is 25.7 Å². The van der Waals surface area contributed by atoms with Crippen molar-refractivity contribution in [3.05, 3.63) is 34.1 Å². The van der Waals surface area contributed by atoms with Crippen LogP contribution in [-0.2, 0) is 0 Å². The topological polar surface area (TPSA) is 55.2 Å². The van der Waals surface area contributed by atoms with Gasteiger partial charge in [0.1, 0.15) is 0 Å². The van der Waals surface area contributed by atoms with Crippen molar-refractivity contribution in [2.24, 2.45) is 5.92 Å². The first-order chi connectivity index (χ1) is 8.16. The fourth-order valence-corrected chi connectivity index (χ4v) is 2.24. The van der Waals surface area contributed by atoms with Gasteiger partial charge in [-0.1, -0.05) is 12.8 Å². The Labute approximate surface area is 99.0 Å². The van der Waals surface area contributed by atoms with Crippen LogP contribution < -0.4 is 5.32 Å². The summed E-state index contributed by atoms with van der Waals surface area (Å²) in [6, 6.07) is 3.93. The van der Waals surface area contributed by atoms with Crippen LogP contribution in [0.2, 0.25) is 0 Å². The lowest BCUT2D eigenvalue weighted by Crippen LogP contribution is -2.11. The lowest BCUT2D eigenvalue weighted by molar-refractivity contribution is -0.387. The summed E-state index contributed by atoms with van der Waals surface area (Å²) in [5.74, 6) is -0.152. The molecule has 0 unspecified atom stereocenters. The summed E-state index contributed by atoms with van der Waals surface area (Å²) in [6.45, 7) is 0.808. The minimum atomic E-state index is -0.790. The molecule has 0 atom stereocenters. The molecule has 0 radical (unpaired) electrons. The van der Waals surface area contributed by atoms with E-state index in [0.717, 1.165) is 12.6 Å². The maximum Gasteiger partial charge on any atom is 0.306 e. The van der Waals surface area contributed by atoms with E-state index in [9.17, 15) is 14.5 Å². The summed E-state index contributed by atoms with van der Waals surface area (Å²) >= 11 is 0.